The summed E-state index contributed by atoms with van der Waals surface area (Å²) < 4.78 is 10.9. The molecule has 5 rings (SSSR count). The van der Waals surface area contributed by atoms with E-state index in [2.05, 4.69) is 9.97 Å². The van der Waals surface area contributed by atoms with Crippen molar-refractivity contribution in [2.45, 2.75) is 25.8 Å². The van der Waals surface area contributed by atoms with E-state index in [1.54, 1.807) is 12.4 Å². The van der Waals surface area contributed by atoms with Crippen molar-refractivity contribution in [3.63, 3.8) is 0 Å². The molecule has 1 aromatic carbocycles. The Morgan fingerprint density at radius 2 is 2.00 bits per heavy atom. The average molecular weight is 431 g/mol. The van der Waals surface area contributed by atoms with Crippen molar-refractivity contribution in [3.8, 4) is 17.0 Å². The van der Waals surface area contributed by atoms with Gasteiger partial charge in [-0.15, -0.1) is 0 Å². The zero-order valence-electron chi connectivity index (χ0n) is 18.0. The molecular formula is C25H25N3O4. The number of carbonyl (C=O) groups is 2. The van der Waals surface area contributed by atoms with Crippen molar-refractivity contribution in [3.05, 3.63) is 71.2 Å². The van der Waals surface area contributed by atoms with E-state index in [0.717, 1.165) is 28.1 Å². The number of aromatic nitrogens is 2. The minimum absolute atomic E-state index is 0.000138. The van der Waals surface area contributed by atoms with Crippen LogP contribution in [0.4, 0.5) is 4.79 Å². The first kappa shape index (κ1) is 20.3. The summed E-state index contributed by atoms with van der Waals surface area (Å²) in [7, 11) is 1.32. The Bertz CT molecular complexity index is 1150. The van der Waals surface area contributed by atoms with Crippen LogP contribution in [0.2, 0.25) is 0 Å². The minimum Gasteiger partial charge on any atom is -0.491 e. The molecule has 32 heavy (non-hydrogen) atoms. The van der Waals surface area contributed by atoms with Gasteiger partial charge in [-0.25, -0.2) is 4.79 Å². The van der Waals surface area contributed by atoms with Gasteiger partial charge in [0.2, 0.25) is 0 Å². The molecule has 0 spiro atoms. The number of benzene rings is 1. The normalized spacial score (nSPS) is 15.4. The second-order valence-corrected chi connectivity index (χ2v) is 8.37. The number of hydrogen-bond donors (Lipinski definition) is 1. The minimum atomic E-state index is -0.512. The first-order chi connectivity index (χ1) is 15.6. The van der Waals surface area contributed by atoms with E-state index < -0.39 is 6.09 Å². The summed E-state index contributed by atoms with van der Waals surface area (Å²) in [5.74, 6) is 1.21. The van der Waals surface area contributed by atoms with Crippen molar-refractivity contribution >= 4 is 11.9 Å². The molecule has 0 saturated heterocycles. The molecule has 3 heterocycles. The van der Waals surface area contributed by atoms with E-state index in [9.17, 15) is 9.59 Å². The number of pyridine rings is 1. The number of methoxy groups -OCH3 is 1. The standard InChI is InChI=1S/C25H25N3O4/c1-31-25(30)28-13-20-23(21(29)14-28)19(11-16-5-3-2-4-6-16)24(27-20)18-9-10-26-12-22(18)32-15-17-7-8-17/h2-6,9-10,12,17,27H,7-8,11,13-15H2,1H3. The quantitative estimate of drug-likeness (QED) is 0.632. The van der Waals surface area contributed by atoms with E-state index >= 15 is 0 Å². The number of nitrogens with zero attached hydrogens (tertiary/aromatic N) is 2. The molecule has 0 radical (unpaired) electrons. The van der Waals surface area contributed by atoms with Crippen LogP contribution in [-0.4, -0.2) is 47.0 Å². The third-order valence-corrected chi connectivity index (χ3v) is 6.03. The Hall–Kier alpha value is -3.61. The molecule has 1 amide bonds. The zero-order valence-corrected chi connectivity index (χ0v) is 18.0. The first-order valence-electron chi connectivity index (χ1n) is 10.8. The lowest BCUT2D eigenvalue weighted by atomic mass is 9.93. The van der Waals surface area contributed by atoms with Crippen LogP contribution in [0.1, 0.15) is 40.0 Å². The number of carbonyl (C=O) groups excluding carboxylic acids is 2. The average Bonchev–Trinajstić information content (AvgIpc) is 3.58. The molecule has 0 bridgehead atoms. The van der Waals surface area contributed by atoms with Crippen molar-refractivity contribution in [2.24, 2.45) is 5.92 Å². The first-order valence-corrected chi connectivity index (χ1v) is 10.8. The zero-order chi connectivity index (χ0) is 22.1. The van der Waals surface area contributed by atoms with Gasteiger partial charge in [0.1, 0.15) is 5.75 Å². The largest absolute Gasteiger partial charge is 0.491 e. The third kappa shape index (κ3) is 3.98. The molecule has 7 heteroatoms. The van der Waals surface area contributed by atoms with E-state index in [1.165, 1.54) is 24.9 Å². The highest BCUT2D eigenvalue weighted by molar-refractivity contribution is 6.04. The number of nitrogens with one attached hydrogen (secondary N) is 1. The molecule has 7 nitrogen and oxygen atoms in total. The smallest absolute Gasteiger partial charge is 0.410 e. The van der Waals surface area contributed by atoms with Crippen LogP contribution in [0.15, 0.2) is 48.8 Å². The van der Waals surface area contributed by atoms with Crippen LogP contribution in [0, 0.1) is 5.92 Å². The van der Waals surface area contributed by atoms with Crippen LogP contribution >= 0.6 is 0 Å². The lowest BCUT2D eigenvalue weighted by molar-refractivity contribution is 0.0838. The Balaban J connectivity index is 1.59. The fourth-order valence-corrected chi connectivity index (χ4v) is 4.21. The Labute approximate surface area is 186 Å². The van der Waals surface area contributed by atoms with Crippen LogP contribution in [0.3, 0.4) is 0 Å². The van der Waals surface area contributed by atoms with Crippen LogP contribution in [0.5, 0.6) is 5.75 Å². The number of ketones is 1. The van der Waals surface area contributed by atoms with Crippen molar-refractivity contribution < 1.29 is 19.1 Å². The SMILES string of the molecule is COC(=O)N1CC(=O)c2c([nH]c(-c3ccncc3OCC3CC3)c2Cc2ccccc2)C1. The summed E-state index contributed by atoms with van der Waals surface area (Å²) in [6.45, 7) is 0.960. The summed E-state index contributed by atoms with van der Waals surface area (Å²) in [6.07, 6.45) is 5.94. The number of amides is 1. The molecule has 0 atom stereocenters. The highest BCUT2D eigenvalue weighted by Crippen LogP contribution is 2.38. The predicted octanol–water partition coefficient (Wildman–Crippen LogP) is 4.22. The molecule has 2 aliphatic rings. The van der Waals surface area contributed by atoms with Gasteiger partial charge in [-0.2, -0.15) is 0 Å². The second kappa shape index (κ2) is 8.49. The number of fused-ring (bicyclic) bond motifs is 1. The molecule has 1 N–H and O–H groups in total. The van der Waals surface area contributed by atoms with Gasteiger partial charge in [0.05, 0.1) is 38.7 Å². The number of ether oxygens (including phenoxy) is 2. The maximum absolute atomic E-state index is 13.2. The van der Waals surface area contributed by atoms with E-state index in [0.29, 0.717) is 36.8 Å². The monoisotopic (exact) mass is 431 g/mol. The molecule has 1 aliphatic carbocycles. The molecule has 1 aliphatic heterocycles. The molecular weight excluding hydrogens is 406 g/mol. The summed E-state index contributed by atoms with van der Waals surface area (Å²) >= 11 is 0. The summed E-state index contributed by atoms with van der Waals surface area (Å²) in [5.41, 5.74) is 5.12. The predicted molar refractivity (Wildman–Crippen MR) is 119 cm³/mol. The summed E-state index contributed by atoms with van der Waals surface area (Å²) in [6, 6.07) is 12.0. The number of hydrogen-bond acceptors (Lipinski definition) is 5. The Morgan fingerprint density at radius 1 is 1.19 bits per heavy atom. The molecule has 164 valence electrons. The topological polar surface area (TPSA) is 84.5 Å². The number of Topliss-reactive ketones (excluding diaryl/α,β-unsaturated/α-hetero) is 1. The Kier molecular flexibility index (Phi) is 5.39. The van der Waals surface area contributed by atoms with Gasteiger partial charge in [-0.3, -0.25) is 14.7 Å². The third-order valence-electron chi connectivity index (χ3n) is 6.03. The van der Waals surface area contributed by atoms with Gasteiger partial charge < -0.3 is 14.5 Å². The van der Waals surface area contributed by atoms with Gasteiger partial charge in [0, 0.05) is 29.4 Å². The summed E-state index contributed by atoms with van der Waals surface area (Å²) in [4.78, 5) is 34.4. The molecule has 1 fully saturated rings. The van der Waals surface area contributed by atoms with E-state index in [1.807, 2.05) is 36.4 Å². The van der Waals surface area contributed by atoms with Crippen molar-refractivity contribution in [1.29, 1.82) is 0 Å². The molecule has 3 aromatic rings. The highest BCUT2D eigenvalue weighted by Gasteiger charge is 2.33. The maximum atomic E-state index is 13.2. The second-order valence-electron chi connectivity index (χ2n) is 8.37. The van der Waals surface area contributed by atoms with Crippen LogP contribution in [-0.2, 0) is 17.7 Å². The fourth-order valence-electron chi connectivity index (χ4n) is 4.21. The van der Waals surface area contributed by atoms with Gasteiger partial charge in [-0.05, 0) is 36.0 Å². The van der Waals surface area contributed by atoms with Gasteiger partial charge in [0.25, 0.3) is 0 Å². The number of aromatic amines is 1. The molecule has 2 aromatic heterocycles. The lowest BCUT2D eigenvalue weighted by Gasteiger charge is -2.25. The Morgan fingerprint density at radius 3 is 2.75 bits per heavy atom. The van der Waals surface area contributed by atoms with Gasteiger partial charge >= 0.3 is 6.09 Å². The van der Waals surface area contributed by atoms with E-state index in [4.69, 9.17) is 9.47 Å². The van der Waals surface area contributed by atoms with Gasteiger partial charge in [-0.1, -0.05) is 30.3 Å². The molecule has 1 saturated carbocycles. The maximum Gasteiger partial charge on any atom is 0.410 e. The van der Waals surface area contributed by atoms with E-state index in [-0.39, 0.29) is 12.3 Å². The van der Waals surface area contributed by atoms with Crippen LogP contribution < -0.4 is 4.74 Å². The van der Waals surface area contributed by atoms with Crippen LogP contribution in [0.25, 0.3) is 11.3 Å². The lowest BCUT2D eigenvalue weighted by Crippen LogP contribution is -2.39. The van der Waals surface area contributed by atoms with Crippen molar-refractivity contribution in [1.82, 2.24) is 14.9 Å². The number of rotatable bonds is 6. The molecule has 0 unspecified atom stereocenters. The van der Waals surface area contributed by atoms with Gasteiger partial charge in [0.15, 0.2) is 5.78 Å². The van der Waals surface area contributed by atoms with Crippen molar-refractivity contribution in [2.75, 3.05) is 20.3 Å². The number of H-pyrrole nitrogens is 1. The summed E-state index contributed by atoms with van der Waals surface area (Å²) in [5, 5.41) is 0. The highest BCUT2D eigenvalue weighted by atomic mass is 16.5. The fraction of sp³-hybridized carbons (Fsp3) is 0.320.